The Morgan fingerprint density at radius 1 is 0.558 bits per heavy atom. The lowest BCUT2D eigenvalue weighted by Gasteiger charge is -2.38. The zero-order valence-electron chi connectivity index (χ0n) is 29.7. The molecule has 0 bridgehead atoms. The van der Waals surface area contributed by atoms with Crippen molar-refractivity contribution in [2.75, 3.05) is 26.2 Å². The summed E-state index contributed by atoms with van der Waals surface area (Å²) >= 11 is 0. The molecule has 2 atom stereocenters. The molecule has 1 fully saturated rings. The first-order valence-electron chi connectivity index (χ1n) is 17.5. The molecule has 10 heteroatoms. The minimum Gasteiger partial charge on any atom is -0.340 e. The molecule has 0 aliphatic carbocycles. The third kappa shape index (κ3) is 9.66. The SMILES string of the molecule is CC(=O)c1cccc(C(=O)NC(CC(C)C)C(=O)N2CCN(C(=O)C(Cc3ccccc3)NC(=O)c3ccc(C(=O)c4ccccc4)cc3)CC2)c1. The van der Waals surface area contributed by atoms with Crippen molar-refractivity contribution >= 4 is 35.2 Å². The summed E-state index contributed by atoms with van der Waals surface area (Å²) in [6.07, 6.45) is 0.686. The maximum absolute atomic E-state index is 14.0. The highest BCUT2D eigenvalue weighted by Gasteiger charge is 2.33. The number of carbonyl (C=O) groups excluding carboxylic acids is 6. The van der Waals surface area contributed by atoms with Gasteiger partial charge in [0.05, 0.1) is 0 Å². The summed E-state index contributed by atoms with van der Waals surface area (Å²) in [4.78, 5) is 82.4. The summed E-state index contributed by atoms with van der Waals surface area (Å²) in [5.41, 5.74) is 2.90. The van der Waals surface area contributed by atoms with Gasteiger partial charge in [-0.3, -0.25) is 28.8 Å². The fourth-order valence-electron chi connectivity index (χ4n) is 6.22. The summed E-state index contributed by atoms with van der Waals surface area (Å²) < 4.78 is 0. The first-order chi connectivity index (χ1) is 25.0. The summed E-state index contributed by atoms with van der Waals surface area (Å²) in [5.74, 6) is -1.58. The van der Waals surface area contributed by atoms with Gasteiger partial charge in [-0.05, 0) is 49.1 Å². The van der Waals surface area contributed by atoms with Crippen LogP contribution >= 0.6 is 0 Å². The predicted octanol–water partition coefficient (Wildman–Crippen LogP) is 4.98. The fraction of sp³-hybridized carbons (Fsp3) is 0.286. The first kappa shape index (κ1) is 37.4. The zero-order chi connectivity index (χ0) is 37.2. The van der Waals surface area contributed by atoms with Gasteiger partial charge in [0.15, 0.2) is 11.6 Å². The van der Waals surface area contributed by atoms with E-state index < -0.39 is 23.9 Å². The molecule has 52 heavy (non-hydrogen) atoms. The van der Waals surface area contributed by atoms with E-state index in [-0.39, 0.29) is 61.9 Å². The van der Waals surface area contributed by atoms with Gasteiger partial charge in [0.1, 0.15) is 12.1 Å². The molecule has 2 N–H and O–H groups in total. The molecule has 4 aromatic rings. The molecule has 1 saturated heterocycles. The van der Waals surface area contributed by atoms with Crippen LogP contribution < -0.4 is 10.6 Å². The number of piperazine rings is 1. The van der Waals surface area contributed by atoms with E-state index >= 15 is 0 Å². The molecule has 1 heterocycles. The molecule has 0 aromatic heterocycles. The summed E-state index contributed by atoms with van der Waals surface area (Å²) in [6, 6.07) is 29.4. The molecule has 1 aliphatic heterocycles. The van der Waals surface area contributed by atoms with E-state index in [1.165, 1.54) is 13.0 Å². The monoisotopic (exact) mass is 700 g/mol. The van der Waals surface area contributed by atoms with Crippen LogP contribution in [0, 0.1) is 5.92 Å². The van der Waals surface area contributed by atoms with E-state index in [0.29, 0.717) is 34.2 Å². The summed E-state index contributed by atoms with van der Waals surface area (Å²) in [7, 11) is 0. The second-order valence-corrected chi connectivity index (χ2v) is 13.4. The van der Waals surface area contributed by atoms with Crippen molar-refractivity contribution in [2.24, 2.45) is 5.92 Å². The maximum Gasteiger partial charge on any atom is 0.251 e. The highest BCUT2D eigenvalue weighted by molar-refractivity contribution is 6.09. The van der Waals surface area contributed by atoms with Gasteiger partial charge in [-0.2, -0.15) is 0 Å². The molecule has 1 aliphatic rings. The average molecular weight is 701 g/mol. The second-order valence-electron chi connectivity index (χ2n) is 13.4. The molecule has 0 radical (unpaired) electrons. The number of amides is 4. The molecule has 4 amide bonds. The quantitative estimate of drug-likeness (QED) is 0.189. The van der Waals surface area contributed by atoms with Crippen molar-refractivity contribution in [3.63, 3.8) is 0 Å². The molecular weight excluding hydrogens is 656 g/mol. The van der Waals surface area contributed by atoms with E-state index in [4.69, 9.17) is 0 Å². The molecule has 5 rings (SSSR count). The van der Waals surface area contributed by atoms with Gasteiger partial charge in [0.25, 0.3) is 11.8 Å². The van der Waals surface area contributed by atoms with Crippen molar-refractivity contribution in [1.82, 2.24) is 20.4 Å². The topological polar surface area (TPSA) is 133 Å². The molecule has 10 nitrogen and oxygen atoms in total. The summed E-state index contributed by atoms with van der Waals surface area (Å²) in [5, 5.41) is 5.79. The number of benzene rings is 4. The van der Waals surface area contributed by atoms with Gasteiger partial charge in [-0.25, -0.2) is 0 Å². The fourth-order valence-corrected chi connectivity index (χ4v) is 6.22. The smallest absolute Gasteiger partial charge is 0.251 e. The van der Waals surface area contributed by atoms with Crippen molar-refractivity contribution < 1.29 is 28.8 Å². The van der Waals surface area contributed by atoms with Gasteiger partial charge in [0, 0.05) is 60.4 Å². The third-order valence-electron chi connectivity index (χ3n) is 9.08. The van der Waals surface area contributed by atoms with Crippen LogP contribution in [0.2, 0.25) is 0 Å². The van der Waals surface area contributed by atoms with Crippen LogP contribution in [0.15, 0.2) is 109 Å². The van der Waals surface area contributed by atoms with Crippen molar-refractivity contribution in [3.8, 4) is 0 Å². The van der Waals surface area contributed by atoms with Gasteiger partial charge in [-0.1, -0.05) is 98.8 Å². The van der Waals surface area contributed by atoms with Gasteiger partial charge < -0.3 is 20.4 Å². The highest BCUT2D eigenvalue weighted by Crippen LogP contribution is 2.16. The molecule has 0 saturated carbocycles. The Bertz CT molecular complexity index is 1900. The van der Waals surface area contributed by atoms with Crippen LogP contribution in [-0.4, -0.2) is 83.3 Å². The molecule has 268 valence electrons. The Hall–Kier alpha value is -5.90. The minimum absolute atomic E-state index is 0.114. The largest absolute Gasteiger partial charge is 0.340 e. The number of rotatable bonds is 13. The second kappa shape index (κ2) is 17.4. The van der Waals surface area contributed by atoms with Crippen molar-refractivity contribution in [3.05, 3.63) is 143 Å². The Morgan fingerprint density at radius 2 is 1.02 bits per heavy atom. The van der Waals surface area contributed by atoms with E-state index in [1.54, 1.807) is 76.5 Å². The average Bonchev–Trinajstić information content (AvgIpc) is 3.17. The standard InChI is InChI=1S/C42H44N4O6/c1-28(2)25-36(43-40(50)35-16-10-15-34(27-35)29(3)47)41(51)45-21-23-46(24-22-45)42(52)37(26-30-11-6-4-7-12-30)44-39(49)33-19-17-32(18-20-33)38(48)31-13-8-5-9-14-31/h4-20,27-28,36-37H,21-26H2,1-3H3,(H,43,50)(H,44,49). The zero-order valence-corrected chi connectivity index (χ0v) is 29.7. The van der Waals surface area contributed by atoms with Gasteiger partial charge in [-0.15, -0.1) is 0 Å². The number of hydrogen-bond acceptors (Lipinski definition) is 6. The number of carbonyl (C=O) groups is 6. The number of hydrogen-bond donors (Lipinski definition) is 2. The molecule has 0 spiro atoms. The Morgan fingerprint density at radius 3 is 1.60 bits per heavy atom. The lowest BCUT2D eigenvalue weighted by atomic mass is 10.0. The Kier molecular flexibility index (Phi) is 12.5. The third-order valence-corrected chi connectivity index (χ3v) is 9.08. The van der Waals surface area contributed by atoms with Gasteiger partial charge >= 0.3 is 0 Å². The van der Waals surface area contributed by atoms with Crippen LogP contribution in [0.25, 0.3) is 0 Å². The normalized spacial score (nSPS) is 13.9. The summed E-state index contributed by atoms with van der Waals surface area (Å²) in [6.45, 7) is 6.41. The Balaban J connectivity index is 1.24. The number of Topliss-reactive ketones (excluding diaryl/α,β-unsaturated/α-hetero) is 1. The van der Waals surface area contributed by atoms with Crippen LogP contribution in [0.5, 0.6) is 0 Å². The van der Waals surface area contributed by atoms with Gasteiger partial charge in [0.2, 0.25) is 11.8 Å². The predicted molar refractivity (Wildman–Crippen MR) is 198 cm³/mol. The highest BCUT2D eigenvalue weighted by atomic mass is 16.2. The number of nitrogens with zero attached hydrogens (tertiary/aromatic N) is 2. The molecule has 4 aromatic carbocycles. The van der Waals surface area contributed by atoms with E-state index in [2.05, 4.69) is 10.6 Å². The van der Waals surface area contributed by atoms with Crippen LogP contribution in [0.4, 0.5) is 0 Å². The minimum atomic E-state index is -0.874. The van der Waals surface area contributed by atoms with Crippen LogP contribution in [0.1, 0.15) is 79.8 Å². The first-order valence-corrected chi connectivity index (χ1v) is 17.5. The molecule has 2 unspecified atom stereocenters. The van der Waals surface area contributed by atoms with E-state index in [1.807, 2.05) is 50.2 Å². The van der Waals surface area contributed by atoms with Crippen molar-refractivity contribution in [2.45, 2.75) is 45.7 Å². The lowest BCUT2D eigenvalue weighted by Crippen LogP contribution is -2.59. The van der Waals surface area contributed by atoms with Crippen molar-refractivity contribution in [1.29, 1.82) is 0 Å². The number of ketones is 2. The van der Waals surface area contributed by atoms with Crippen LogP contribution in [-0.2, 0) is 16.0 Å². The lowest BCUT2D eigenvalue weighted by molar-refractivity contribution is -0.141. The number of nitrogens with one attached hydrogen (secondary N) is 2. The van der Waals surface area contributed by atoms with Crippen LogP contribution in [0.3, 0.4) is 0 Å². The molecular formula is C42H44N4O6. The van der Waals surface area contributed by atoms with E-state index in [9.17, 15) is 28.8 Å². The van der Waals surface area contributed by atoms with E-state index in [0.717, 1.165) is 5.56 Å². The Labute approximate surface area is 304 Å². The maximum atomic E-state index is 14.0.